The number of aliphatic carboxylic acids is 1. The molecule has 3 heterocycles. The topological polar surface area (TPSA) is 315 Å². The van der Waals surface area contributed by atoms with Crippen LogP contribution in [0.25, 0.3) is 0 Å². The van der Waals surface area contributed by atoms with E-state index < -0.39 is 133 Å². The quantitative estimate of drug-likeness (QED) is 0.100. The molecule has 0 amide bonds. The van der Waals surface area contributed by atoms with Crippen molar-refractivity contribution in [3.05, 3.63) is 11.6 Å². The Morgan fingerprint density at radius 1 is 0.682 bits per heavy atom. The van der Waals surface area contributed by atoms with E-state index in [1.165, 1.54) is 5.57 Å². The molecule has 0 aromatic heterocycles. The summed E-state index contributed by atoms with van der Waals surface area (Å²) >= 11 is 0. The number of hydrogen-bond acceptors (Lipinski definition) is 18. The predicted octanol–water partition coefficient (Wildman–Crippen LogP) is -0.713. The van der Waals surface area contributed by atoms with Crippen molar-refractivity contribution in [1.29, 1.82) is 0 Å². The lowest BCUT2D eigenvalue weighted by atomic mass is 9.33. The summed E-state index contributed by atoms with van der Waals surface area (Å²) in [5, 5.41) is 128. The van der Waals surface area contributed by atoms with Gasteiger partial charge in [0.25, 0.3) is 0 Å². The highest BCUT2D eigenvalue weighted by Gasteiger charge is 2.71. The highest BCUT2D eigenvalue weighted by molar-refractivity contribution is 5.73. The van der Waals surface area contributed by atoms with Gasteiger partial charge in [0.2, 0.25) is 0 Å². The Bertz CT molecular complexity index is 1820. The van der Waals surface area contributed by atoms with Crippen molar-refractivity contribution in [2.45, 2.75) is 204 Å². The fraction of sp³-hybridized carbons (Fsp3) is 0.936. The third-order valence-electron chi connectivity index (χ3n) is 19.4. The molecule has 0 aromatic rings. The van der Waals surface area contributed by atoms with Gasteiger partial charge in [-0.05, 0) is 90.8 Å². The van der Waals surface area contributed by atoms with Crippen LogP contribution < -0.4 is 0 Å². The van der Waals surface area contributed by atoms with Crippen LogP contribution in [0.4, 0.5) is 0 Å². The van der Waals surface area contributed by atoms with E-state index in [1.807, 2.05) is 20.8 Å². The van der Waals surface area contributed by atoms with Gasteiger partial charge in [-0.25, -0.2) is 4.79 Å². The second kappa shape index (κ2) is 17.7. The van der Waals surface area contributed by atoms with Crippen LogP contribution in [0, 0.1) is 50.2 Å². The van der Waals surface area contributed by atoms with Crippen LogP contribution in [0.15, 0.2) is 11.6 Å². The number of carbonyl (C=O) groups is 1. The van der Waals surface area contributed by atoms with Crippen molar-refractivity contribution in [1.82, 2.24) is 0 Å². The van der Waals surface area contributed by atoms with E-state index >= 15 is 0 Å². The number of rotatable bonds is 9. The molecule has 3 aliphatic heterocycles. The lowest BCUT2D eigenvalue weighted by Gasteiger charge is -2.72. The zero-order chi connectivity index (χ0) is 48.4. The van der Waals surface area contributed by atoms with Crippen molar-refractivity contribution < 1.29 is 94.5 Å². The molecule has 4 saturated carbocycles. The minimum absolute atomic E-state index is 0.0341. The molecule has 378 valence electrons. The lowest BCUT2D eigenvalue weighted by Crippen LogP contribution is -2.68. The maximum atomic E-state index is 12.1. The Morgan fingerprint density at radius 2 is 1.32 bits per heavy atom. The molecule has 7 fully saturated rings. The van der Waals surface area contributed by atoms with Crippen LogP contribution >= 0.6 is 0 Å². The smallest absolute Gasteiger partial charge is 0.335 e. The van der Waals surface area contributed by atoms with E-state index in [2.05, 4.69) is 33.8 Å². The van der Waals surface area contributed by atoms with Gasteiger partial charge in [0.1, 0.15) is 61.0 Å². The summed E-state index contributed by atoms with van der Waals surface area (Å²) in [6.07, 6.45) is -16.8. The summed E-state index contributed by atoms with van der Waals surface area (Å²) in [5.41, 5.74) is -1.50. The molecule has 0 bridgehead atoms. The molecule has 5 aliphatic carbocycles. The van der Waals surface area contributed by atoms with Gasteiger partial charge < -0.3 is 89.7 Å². The Labute approximate surface area is 385 Å². The Morgan fingerprint density at radius 3 is 1.95 bits per heavy atom. The molecule has 12 N–H and O–H groups in total. The molecule has 25 atom stereocenters. The van der Waals surface area contributed by atoms with Crippen molar-refractivity contribution in [2.24, 2.45) is 50.2 Å². The van der Waals surface area contributed by atoms with E-state index in [-0.39, 0.29) is 47.2 Å². The highest BCUT2D eigenvalue weighted by Crippen LogP contribution is 2.76. The first-order valence-corrected chi connectivity index (χ1v) is 23.9. The number of carboxylic acid groups (broad SMARTS) is 1. The minimum Gasteiger partial charge on any atom is -0.479 e. The molecule has 19 nitrogen and oxygen atoms in total. The van der Waals surface area contributed by atoms with Crippen molar-refractivity contribution in [3.63, 3.8) is 0 Å². The molecular formula is C47H76O19. The fourth-order valence-electron chi connectivity index (χ4n) is 14.9. The van der Waals surface area contributed by atoms with E-state index in [4.69, 9.17) is 28.4 Å². The number of carboxylic acids is 1. The monoisotopic (exact) mass is 944 g/mol. The van der Waals surface area contributed by atoms with Crippen LogP contribution in [0.3, 0.4) is 0 Å². The van der Waals surface area contributed by atoms with Gasteiger partial charge in [0, 0.05) is 10.8 Å². The van der Waals surface area contributed by atoms with E-state index in [0.29, 0.717) is 25.7 Å². The van der Waals surface area contributed by atoms with Crippen molar-refractivity contribution in [2.75, 3.05) is 19.8 Å². The van der Waals surface area contributed by atoms with Crippen molar-refractivity contribution >= 4 is 5.97 Å². The number of aliphatic hydroxyl groups is 11. The van der Waals surface area contributed by atoms with Gasteiger partial charge >= 0.3 is 5.97 Å². The van der Waals surface area contributed by atoms with Crippen LogP contribution in [0.1, 0.15) is 99.8 Å². The maximum Gasteiger partial charge on any atom is 0.335 e. The molecule has 0 aromatic carbocycles. The second-order valence-electron chi connectivity index (χ2n) is 23.2. The average molecular weight is 945 g/mol. The van der Waals surface area contributed by atoms with Gasteiger partial charge in [-0.3, -0.25) is 0 Å². The zero-order valence-electron chi connectivity index (χ0n) is 39.1. The number of ether oxygens (including phenoxy) is 6. The van der Waals surface area contributed by atoms with Crippen molar-refractivity contribution in [3.8, 4) is 0 Å². The normalized spacial score (nSPS) is 55.9. The van der Waals surface area contributed by atoms with E-state index in [1.54, 1.807) is 0 Å². The molecule has 19 heteroatoms. The van der Waals surface area contributed by atoms with E-state index in [9.17, 15) is 66.1 Å². The SMILES string of the molecule is CC1(C)C[C@H]2C3=CC[C@@H]4[C@@]5(C)CC[C@H](O[C@@H]6O[C@H](C(=O)O)[C@@H](O)[C@H](O)[C@H]6O)[C@](C)(CO)[C@@H]5CC[C@@]4(C)[C@]3(C)CC[C@@]2(C)C(O[C@@H]2OC[C@H](O[C@@H]3O[C@H](CO)[C@@H](O)[C@H](O)[C@H]3O)[C@H](O)[C@H]2O)C1O. The third kappa shape index (κ3) is 7.60. The van der Waals surface area contributed by atoms with E-state index in [0.717, 1.165) is 25.7 Å². The summed E-state index contributed by atoms with van der Waals surface area (Å²) in [5.74, 6) is -1.37. The first-order chi connectivity index (χ1) is 30.7. The highest BCUT2D eigenvalue weighted by atomic mass is 16.7. The summed E-state index contributed by atoms with van der Waals surface area (Å²) in [6, 6.07) is 0. The minimum atomic E-state index is -1.85. The molecule has 66 heavy (non-hydrogen) atoms. The maximum absolute atomic E-state index is 12.1. The average Bonchev–Trinajstić information content (AvgIpc) is 3.26. The molecular weight excluding hydrogens is 868 g/mol. The predicted molar refractivity (Wildman–Crippen MR) is 227 cm³/mol. The summed E-state index contributed by atoms with van der Waals surface area (Å²) in [6.45, 7) is 14.0. The van der Waals surface area contributed by atoms with Gasteiger partial charge in [0.05, 0.1) is 38.1 Å². The van der Waals surface area contributed by atoms with Gasteiger partial charge in [-0.2, -0.15) is 0 Å². The zero-order valence-corrected chi connectivity index (χ0v) is 39.1. The first-order valence-electron chi connectivity index (χ1n) is 23.9. The van der Waals surface area contributed by atoms with Gasteiger partial charge in [-0.15, -0.1) is 0 Å². The number of hydrogen-bond donors (Lipinski definition) is 12. The number of allylic oxidation sites excluding steroid dienone is 2. The standard InChI is InChI=1S/C47H76O19/c1-42(2)16-21-20-8-9-25-44(4)12-11-26(64-41-34(57)30(53)31(54)35(65-41)38(59)60)45(5,19-49)24(44)10-13-47(25,7)46(20,6)15-14-43(21,3)37(36(42)58)66-39-32(55)28(51)23(18-61-39)63-40-33(56)29(52)27(50)22(17-48)62-40/h8,21-37,39-41,48-58H,9-19H2,1-7H3,(H,59,60)/t21-,22+,23-,24+,25+,26-,27+,28-,29-,30-,31-,32+,33+,34+,35-,36?,37?,39-,40-,41+,43+,44-,45+,46+,47+/m0/s1. The van der Waals surface area contributed by atoms with Crippen LogP contribution in [0.5, 0.6) is 0 Å². The van der Waals surface area contributed by atoms with Crippen LogP contribution in [0.2, 0.25) is 0 Å². The summed E-state index contributed by atoms with van der Waals surface area (Å²) in [4.78, 5) is 11.9. The lowest BCUT2D eigenvalue weighted by molar-refractivity contribution is -0.356. The second-order valence-corrected chi connectivity index (χ2v) is 23.2. The molecule has 2 unspecified atom stereocenters. The molecule has 0 radical (unpaired) electrons. The van der Waals surface area contributed by atoms with Crippen LogP contribution in [-0.2, 0) is 33.2 Å². The first kappa shape index (κ1) is 50.9. The Kier molecular flexibility index (Phi) is 13.6. The third-order valence-corrected chi connectivity index (χ3v) is 19.4. The number of fused-ring (bicyclic) bond motifs is 7. The Hall–Kier alpha value is -1.47. The molecule has 0 spiro atoms. The van der Waals surface area contributed by atoms with Gasteiger partial charge in [0.15, 0.2) is 25.0 Å². The van der Waals surface area contributed by atoms with Gasteiger partial charge in [-0.1, -0.05) is 60.1 Å². The molecule has 8 rings (SSSR count). The van der Waals surface area contributed by atoms with Crippen LogP contribution in [-0.4, -0.2) is 191 Å². The largest absolute Gasteiger partial charge is 0.479 e. The summed E-state index contributed by atoms with van der Waals surface area (Å²) in [7, 11) is 0. The Balaban J connectivity index is 1.01. The molecule has 3 saturated heterocycles. The molecule has 8 aliphatic rings. The summed E-state index contributed by atoms with van der Waals surface area (Å²) < 4.78 is 35.7. The fourth-order valence-corrected chi connectivity index (χ4v) is 14.9. The number of aliphatic hydroxyl groups excluding tert-OH is 11.